The van der Waals surface area contributed by atoms with Crippen LogP contribution in [0.1, 0.15) is 24.6 Å². The molecule has 3 rings (SSSR count). The number of pyridine rings is 1. The molecule has 2 aromatic rings. The summed E-state index contributed by atoms with van der Waals surface area (Å²) in [5.41, 5.74) is 0.647. The fourth-order valence-electron chi connectivity index (χ4n) is 2.80. The summed E-state index contributed by atoms with van der Waals surface area (Å²) >= 11 is 1.62. The lowest BCUT2D eigenvalue weighted by Gasteiger charge is -2.32. The number of anilines is 1. The molecule has 0 aromatic carbocycles. The highest BCUT2D eigenvalue weighted by Gasteiger charge is 2.24. The van der Waals surface area contributed by atoms with Gasteiger partial charge < -0.3 is 15.0 Å². The number of carbonyl (C=O) groups excluding carboxylic acids is 2. The number of rotatable bonds is 5. The summed E-state index contributed by atoms with van der Waals surface area (Å²) < 4.78 is 5.89. The maximum atomic E-state index is 12.3. The zero-order chi connectivity index (χ0) is 17.6. The van der Waals surface area contributed by atoms with Gasteiger partial charge in [0.15, 0.2) is 0 Å². The second kappa shape index (κ2) is 8.11. The van der Waals surface area contributed by atoms with Crippen molar-refractivity contribution in [3.63, 3.8) is 0 Å². The van der Waals surface area contributed by atoms with E-state index in [1.165, 1.54) is 6.92 Å². The molecule has 1 N–H and O–H groups in total. The summed E-state index contributed by atoms with van der Waals surface area (Å²) in [6.07, 6.45) is 3.72. The van der Waals surface area contributed by atoms with Crippen molar-refractivity contribution in [2.75, 3.05) is 18.4 Å². The summed E-state index contributed by atoms with van der Waals surface area (Å²) in [5, 5.41) is 4.66. The molecule has 1 aliphatic heterocycles. The Bertz CT molecular complexity index is 708. The molecule has 6 nitrogen and oxygen atoms in total. The number of likely N-dealkylation sites (tertiary alicyclic amines) is 1. The molecule has 7 heteroatoms. The number of hydrogen-bond acceptors (Lipinski definition) is 5. The molecule has 2 amide bonds. The van der Waals surface area contributed by atoms with E-state index >= 15 is 0 Å². The van der Waals surface area contributed by atoms with Crippen molar-refractivity contribution in [1.29, 1.82) is 0 Å². The molecule has 1 saturated heterocycles. The quantitative estimate of drug-likeness (QED) is 0.891. The molecule has 1 fully saturated rings. The molecule has 3 heterocycles. The highest BCUT2D eigenvalue weighted by Crippen LogP contribution is 2.20. The third-order valence-electron chi connectivity index (χ3n) is 4.04. The first-order chi connectivity index (χ1) is 12.1. The minimum Gasteiger partial charge on any atom is -0.474 e. The van der Waals surface area contributed by atoms with Gasteiger partial charge in [0.25, 0.3) is 0 Å². The molecule has 0 aliphatic carbocycles. The van der Waals surface area contributed by atoms with Gasteiger partial charge in [-0.25, -0.2) is 4.98 Å². The SMILES string of the molecule is CC(=O)Nc1ccc(OC2CCN(C(=O)Cc3cccs3)CC2)nc1. The van der Waals surface area contributed by atoms with E-state index in [1.54, 1.807) is 29.7 Å². The van der Waals surface area contributed by atoms with Crippen LogP contribution in [0, 0.1) is 0 Å². The van der Waals surface area contributed by atoms with Gasteiger partial charge in [0, 0.05) is 43.8 Å². The van der Waals surface area contributed by atoms with Crippen LogP contribution in [-0.4, -0.2) is 40.9 Å². The van der Waals surface area contributed by atoms with E-state index < -0.39 is 0 Å². The first kappa shape index (κ1) is 17.4. The Kier molecular flexibility index (Phi) is 5.65. The van der Waals surface area contributed by atoms with E-state index in [2.05, 4.69) is 10.3 Å². The Hall–Kier alpha value is -2.41. The fraction of sp³-hybridized carbons (Fsp3) is 0.389. The third kappa shape index (κ3) is 5.03. The van der Waals surface area contributed by atoms with E-state index in [0.717, 1.165) is 17.7 Å². The molecule has 0 saturated carbocycles. The van der Waals surface area contributed by atoms with E-state index in [4.69, 9.17) is 4.74 Å². The van der Waals surface area contributed by atoms with Crippen LogP contribution >= 0.6 is 11.3 Å². The standard InChI is InChI=1S/C18H21N3O3S/c1-13(22)20-14-4-5-17(19-12-14)24-15-6-8-21(9-7-15)18(23)11-16-3-2-10-25-16/h2-5,10,12,15H,6-9,11H2,1H3,(H,20,22). The molecule has 1 aliphatic rings. The summed E-state index contributed by atoms with van der Waals surface area (Å²) in [7, 11) is 0. The maximum Gasteiger partial charge on any atom is 0.227 e. The molecule has 0 unspecified atom stereocenters. The minimum absolute atomic E-state index is 0.0601. The Labute approximate surface area is 150 Å². The van der Waals surface area contributed by atoms with Gasteiger partial charge in [-0.15, -0.1) is 11.3 Å². The summed E-state index contributed by atoms with van der Waals surface area (Å²) in [6.45, 7) is 2.87. The molecule has 132 valence electrons. The normalized spacial score (nSPS) is 15.0. The number of hydrogen-bond donors (Lipinski definition) is 1. The zero-order valence-corrected chi connectivity index (χ0v) is 14.9. The molecular formula is C18H21N3O3S. The molecule has 0 atom stereocenters. The average molecular weight is 359 g/mol. The van der Waals surface area contributed by atoms with Gasteiger partial charge in [-0.05, 0) is 17.5 Å². The van der Waals surface area contributed by atoms with E-state index in [0.29, 0.717) is 31.1 Å². The van der Waals surface area contributed by atoms with Crippen LogP contribution < -0.4 is 10.1 Å². The number of aromatic nitrogens is 1. The molecule has 0 spiro atoms. The van der Waals surface area contributed by atoms with Crippen LogP contribution in [0.25, 0.3) is 0 Å². The van der Waals surface area contributed by atoms with Crippen LogP contribution in [-0.2, 0) is 16.0 Å². The van der Waals surface area contributed by atoms with Gasteiger partial charge in [-0.2, -0.15) is 0 Å². The largest absolute Gasteiger partial charge is 0.474 e. The Morgan fingerprint density at radius 1 is 1.32 bits per heavy atom. The maximum absolute atomic E-state index is 12.3. The number of thiophene rings is 1. The monoisotopic (exact) mass is 359 g/mol. The van der Waals surface area contributed by atoms with Crippen LogP contribution in [0.3, 0.4) is 0 Å². The topological polar surface area (TPSA) is 71.5 Å². The van der Waals surface area contributed by atoms with Crippen molar-refractivity contribution in [2.24, 2.45) is 0 Å². The van der Waals surface area contributed by atoms with E-state index in [-0.39, 0.29) is 17.9 Å². The second-order valence-corrected chi connectivity index (χ2v) is 7.05. The predicted octanol–water partition coefficient (Wildman–Crippen LogP) is 2.71. The number of amides is 2. The van der Waals surface area contributed by atoms with Crippen LogP contribution in [0.5, 0.6) is 5.88 Å². The number of ether oxygens (including phenoxy) is 1. The van der Waals surface area contributed by atoms with Crippen LogP contribution in [0.2, 0.25) is 0 Å². The summed E-state index contributed by atoms with van der Waals surface area (Å²) in [6, 6.07) is 7.48. The highest BCUT2D eigenvalue weighted by atomic mass is 32.1. The van der Waals surface area contributed by atoms with Crippen molar-refractivity contribution in [1.82, 2.24) is 9.88 Å². The number of carbonyl (C=O) groups is 2. The molecule has 0 bridgehead atoms. The first-order valence-electron chi connectivity index (χ1n) is 8.30. The van der Waals surface area contributed by atoms with Crippen LogP contribution in [0.15, 0.2) is 35.8 Å². The lowest BCUT2D eigenvalue weighted by molar-refractivity contribution is -0.132. The van der Waals surface area contributed by atoms with E-state index in [9.17, 15) is 9.59 Å². The highest BCUT2D eigenvalue weighted by molar-refractivity contribution is 7.10. The van der Waals surface area contributed by atoms with Gasteiger partial charge in [0.2, 0.25) is 17.7 Å². The Morgan fingerprint density at radius 3 is 2.72 bits per heavy atom. The van der Waals surface area contributed by atoms with Crippen molar-refractivity contribution >= 4 is 28.8 Å². The summed E-state index contributed by atoms with van der Waals surface area (Å²) in [4.78, 5) is 30.5. The average Bonchev–Trinajstić information content (AvgIpc) is 3.10. The van der Waals surface area contributed by atoms with Crippen molar-refractivity contribution in [3.05, 3.63) is 40.7 Å². The van der Waals surface area contributed by atoms with Gasteiger partial charge in [0.1, 0.15) is 6.10 Å². The van der Waals surface area contributed by atoms with Crippen molar-refractivity contribution in [3.8, 4) is 5.88 Å². The smallest absolute Gasteiger partial charge is 0.227 e. The Balaban J connectivity index is 1.46. The second-order valence-electron chi connectivity index (χ2n) is 6.02. The van der Waals surface area contributed by atoms with Crippen molar-refractivity contribution < 1.29 is 14.3 Å². The fourth-order valence-corrected chi connectivity index (χ4v) is 3.49. The van der Waals surface area contributed by atoms with E-state index in [1.807, 2.05) is 22.4 Å². The predicted molar refractivity (Wildman–Crippen MR) is 96.8 cm³/mol. The van der Waals surface area contributed by atoms with Gasteiger partial charge in [-0.3, -0.25) is 9.59 Å². The lowest BCUT2D eigenvalue weighted by Crippen LogP contribution is -2.42. The molecule has 0 radical (unpaired) electrons. The van der Waals surface area contributed by atoms with Crippen LogP contribution in [0.4, 0.5) is 5.69 Å². The Morgan fingerprint density at radius 2 is 2.12 bits per heavy atom. The number of nitrogens with one attached hydrogen (secondary N) is 1. The van der Waals surface area contributed by atoms with Gasteiger partial charge >= 0.3 is 0 Å². The molecule has 25 heavy (non-hydrogen) atoms. The molecular weight excluding hydrogens is 338 g/mol. The van der Waals surface area contributed by atoms with Gasteiger partial charge in [0.05, 0.1) is 18.3 Å². The number of nitrogens with zero attached hydrogens (tertiary/aromatic N) is 2. The summed E-state index contributed by atoms with van der Waals surface area (Å²) in [5.74, 6) is 0.589. The van der Waals surface area contributed by atoms with Crippen molar-refractivity contribution in [2.45, 2.75) is 32.3 Å². The first-order valence-corrected chi connectivity index (χ1v) is 9.18. The third-order valence-corrected chi connectivity index (χ3v) is 4.92. The number of piperidine rings is 1. The van der Waals surface area contributed by atoms with Gasteiger partial charge in [-0.1, -0.05) is 6.07 Å². The zero-order valence-electron chi connectivity index (χ0n) is 14.1. The minimum atomic E-state index is -0.130. The molecule has 2 aromatic heterocycles. The lowest BCUT2D eigenvalue weighted by atomic mass is 10.1.